The largest absolute Gasteiger partial charge is 0.452 e. The molecule has 134 valence electrons. The average molecular weight is 394 g/mol. The molecule has 1 amide bonds. The van der Waals surface area contributed by atoms with Gasteiger partial charge in [0.25, 0.3) is 11.7 Å². The van der Waals surface area contributed by atoms with E-state index in [1.165, 1.54) is 23.1 Å². The normalized spacial score (nSPS) is 10.7. The van der Waals surface area contributed by atoms with Crippen molar-refractivity contribution in [1.29, 1.82) is 0 Å². The average Bonchev–Trinajstić information content (AvgIpc) is 3.10. The number of carbonyl (C=O) groups is 2. The molecule has 2 heterocycles. The second kappa shape index (κ2) is 7.67. The number of hydrogen-bond acceptors (Lipinski definition) is 6. The number of nitrogens with zero attached hydrogens (tertiary/aromatic N) is 4. The molecule has 1 aromatic carbocycles. The lowest BCUT2D eigenvalue weighted by Gasteiger charge is -2.10. The number of aryl methyl sites for hydroxylation is 1. The molecule has 0 atom stereocenters. The lowest BCUT2D eigenvalue weighted by molar-refractivity contribution is -0.119. The van der Waals surface area contributed by atoms with Gasteiger partial charge < -0.3 is 10.1 Å². The van der Waals surface area contributed by atoms with Crippen molar-refractivity contribution in [3.05, 3.63) is 52.0 Å². The van der Waals surface area contributed by atoms with Crippen molar-refractivity contribution in [1.82, 2.24) is 19.6 Å². The number of amides is 1. The summed E-state index contributed by atoms with van der Waals surface area (Å²) in [5.41, 5.74) is 1.15. The molecule has 3 aromatic rings. The van der Waals surface area contributed by atoms with E-state index < -0.39 is 18.5 Å². The molecular weight excluding hydrogens is 381 g/mol. The minimum atomic E-state index is -0.681. The summed E-state index contributed by atoms with van der Waals surface area (Å²) >= 11 is 11.8. The fourth-order valence-electron chi connectivity index (χ4n) is 2.32. The van der Waals surface area contributed by atoms with Gasteiger partial charge in [-0.2, -0.15) is 10.1 Å². The predicted molar refractivity (Wildman–Crippen MR) is 95.5 cm³/mol. The summed E-state index contributed by atoms with van der Waals surface area (Å²) < 4.78 is 6.53. The third-order valence-electron chi connectivity index (χ3n) is 3.50. The highest BCUT2D eigenvalue weighted by Gasteiger charge is 2.18. The number of hydrogen-bond donors (Lipinski definition) is 1. The van der Waals surface area contributed by atoms with Crippen molar-refractivity contribution in [3.8, 4) is 0 Å². The van der Waals surface area contributed by atoms with E-state index in [-0.39, 0.29) is 5.56 Å². The quantitative estimate of drug-likeness (QED) is 0.669. The van der Waals surface area contributed by atoms with Crippen LogP contribution in [-0.2, 0) is 16.0 Å². The van der Waals surface area contributed by atoms with Gasteiger partial charge in [-0.25, -0.2) is 14.3 Å². The van der Waals surface area contributed by atoms with Gasteiger partial charge in [0, 0.05) is 11.2 Å². The zero-order valence-electron chi connectivity index (χ0n) is 13.6. The first-order valence-corrected chi connectivity index (χ1v) is 8.34. The van der Waals surface area contributed by atoms with Crippen LogP contribution in [0.25, 0.3) is 5.78 Å². The molecule has 0 aliphatic heterocycles. The molecule has 0 saturated heterocycles. The number of benzene rings is 1. The van der Waals surface area contributed by atoms with Crippen molar-refractivity contribution >= 4 is 46.5 Å². The maximum Gasteiger partial charge on any atom is 0.342 e. The van der Waals surface area contributed by atoms with Gasteiger partial charge in [0.2, 0.25) is 0 Å². The zero-order chi connectivity index (χ0) is 18.7. The highest BCUT2D eigenvalue weighted by Crippen LogP contribution is 2.25. The number of aromatic nitrogens is 4. The molecule has 0 unspecified atom stereocenters. The SMILES string of the molecule is CCc1c(C(=O)OCC(=O)Nc2cc(Cl)ccc2Cl)cnc2ncnn12. The van der Waals surface area contributed by atoms with Gasteiger partial charge in [-0.1, -0.05) is 30.1 Å². The molecule has 1 N–H and O–H groups in total. The Morgan fingerprint density at radius 1 is 1.27 bits per heavy atom. The van der Waals surface area contributed by atoms with E-state index in [9.17, 15) is 9.59 Å². The molecule has 0 spiro atoms. The van der Waals surface area contributed by atoms with Gasteiger partial charge in [-0.15, -0.1) is 0 Å². The van der Waals surface area contributed by atoms with E-state index in [0.717, 1.165) is 0 Å². The summed E-state index contributed by atoms with van der Waals surface area (Å²) in [7, 11) is 0. The lowest BCUT2D eigenvalue weighted by atomic mass is 10.2. The van der Waals surface area contributed by atoms with E-state index in [1.807, 2.05) is 6.92 Å². The Labute approximate surface area is 158 Å². The molecule has 0 fully saturated rings. The first-order chi connectivity index (χ1) is 12.5. The second-order valence-electron chi connectivity index (χ2n) is 5.19. The Morgan fingerprint density at radius 2 is 2.08 bits per heavy atom. The van der Waals surface area contributed by atoms with Gasteiger partial charge in [0.05, 0.1) is 22.0 Å². The molecule has 0 aliphatic carbocycles. The lowest BCUT2D eigenvalue weighted by Crippen LogP contribution is -2.22. The molecule has 0 radical (unpaired) electrons. The van der Waals surface area contributed by atoms with Crippen LogP contribution < -0.4 is 5.32 Å². The predicted octanol–water partition coefficient (Wildman–Crippen LogP) is 2.79. The number of ether oxygens (including phenoxy) is 1. The van der Waals surface area contributed by atoms with Gasteiger partial charge >= 0.3 is 5.97 Å². The second-order valence-corrected chi connectivity index (χ2v) is 6.04. The molecule has 2 aromatic heterocycles. The van der Waals surface area contributed by atoms with Gasteiger partial charge in [0.15, 0.2) is 6.61 Å². The van der Waals surface area contributed by atoms with Crippen LogP contribution in [0.5, 0.6) is 0 Å². The van der Waals surface area contributed by atoms with Crippen LogP contribution >= 0.6 is 23.2 Å². The number of fused-ring (bicyclic) bond motifs is 1. The topological polar surface area (TPSA) is 98.5 Å². The Kier molecular flexibility index (Phi) is 5.34. The summed E-state index contributed by atoms with van der Waals surface area (Å²) in [6.45, 7) is 1.38. The monoisotopic (exact) mass is 393 g/mol. The number of anilines is 1. The molecule has 26 heavy (non-hydrogen) atoms. The highest BCUT2D eigenvalue weighted by atomic mass is 35.5. The number of nitrogens with one attached hydrogen (secondary N) is 1. The smallest absolute Gasteiger partial charge is 0.342 e. The standard InChI is InChI=1S/C16H13Cl2N5O3/c1-2-13-10(6-19-16-20-8-21-23(13)16)15(25)26-7-14(24)22-12-5-9(17)3-4-11(12)18/h3-6,8H,2,7H2,1H3,(H,22,24). The Morgan fingerprint density at radius 3 is 2.85 bits per heavy atom. The summed E-state index contributed by atoms with van der Waals surface area (Å²) in [6, 6.07) is 4.65. The Balaban J connectivity index is 1.69. The number of esters is 1. The van der Waals surface area contributed by atoms with Crippen molar-refractivity contribution in [3.63, 3.8) is 0 Å². The van der Waals surface area contributed by atoms with Gasteiger partial charge in [0.1, 0.15) is 6.33 Å². The van der Waals surface area contributed by atoms with E-state index in [0.29, 0.717) is 33.6 Å². The van der Waals surface area contributed by atoms with Crippen LogP contribution in [0.1, 0.15) is 23.0 Å². The summed E-state index contributed by atoms with van der Waals surface area (Å²) in [5, 5.41) is 7.31. The summed E-state index contributed by atoms with van der Waals surface area (Å²) in [5.74, 6) is -0.846. The zero-order valence-corrected chi connectivity index (χ0v) is 15.1. The molecule has 8 nitrogen and oxygen atoms in total. The maximum atomic E-state index is 12.3. The van der Waals surface area contributed by atoms with Crippen LogP contribution in [0.3, 0.4) is 0 Å². The van der Waals surface area contributed by atoms with Crippen LogP contribution in [0.4, 0.5) is 5.69 Å². The van der Waals surface area contributed by atoms with Crippen molar-refractivity contribution < 1.29 is 14.3 Å². The molecular formula is C16H13Cl2N5O3. The first-order valence-electron chi connectivity index (χ1n) is 7.59. The Bertz CT molecular complexity index is 989. The minimum absolute atomic E-state index is 0.221. The maximum absolute atomic E-state index is 12.3. The number of carbonyl (C=O) groups excluding carboxylic acids is 2. The third kappa shape index (κ3) is 3.76. The van der Waals surface area contributed by atoms with Crippen LogP contribution in [0.2, 0.25) is 10.0 Å². The highest BCUT2D eigenvalue weighted by molar-refractivity contribution is 6.35. The molecule has 0 bridgehead atoms. The number of rotatable bonds is 5. The number of halogens is 2. The minimum Gasteiger partial charge on any atom is -0.452 e. The van der Waals surface area contributed by atoms with Crippen LogP contribution in [-0.4, -0.2) is 38.1 Å². The third-order valence-corrected chi connectivity index (χ3v) is 4.06. The van der Waals surface area contributed by atoms with Crippen molar-refractivity contribution in [2.45, 2.75) is 13.3 Å². The molecule has 0 aliphatic rings. The van der Waals surface area contributed by atoms with Crippen molar-refractivity contribution in [2.75, 3.05) is 11.9 Å². The fraction of sp³-hybridized carbons (Fsp3) is 0.188. The summed E-state index contributed by atoms with van der Waals surface area (Å²) in [6.07, 6.45) is 3.22. The summed E-state index contributed by atoms with van der Waals surface area (Å²) in [4.78, 5) is 32.3. The van der Waals surface area contributed by atoms with Crippen LogP contribution in [0.15, 0.2) is 30.7 Å². The fourth-order valence-corrected chi connectivity index (χ4v) is 2.66. The Hall–Kier alpha value is -2.71. The van der Waals surface area contributed by atoms with E-state index in [1.54, 1.807) is 12.1 Å². The van der Waals surface area contributed by atoms with Crippen molar-refractivity contribution in [2.24, 2.45) is 0 Å². The molecule has 10 heteroatoms. The first kappa shape index (κ1) is 18.1. The van der Waals surface area contributed by atoms with Gasteiger partial charge in [-0.3, -0.25) is 4.79 Å². The van der Waals surface area contributed by atoms with E-state index in [2.05, 4.69) is 20.4 Å². The molecule has 0 saturated carbocycles. The van der Waals surface area contributed by atoms with Crippen LogP contribution in [0, 0.1) is 0 Å². The van der Waals surface area contributed by atoms with E-state index >= 15 is 0 Å². The van der Waals surface area contributed by atoms with Gasteiger partial charge in [-0.05, 0) is 24.6 Å². The molecule has 3 rings (SSSR count). The van der Waals surface area contributed by atoms with E-state index in [4.69, 9.17) is 27.9 Å².